The lowest BCUT2D eigenvalue weighted by molar-refractivity contribution is -0.00348. The highest BCUT2D eigenvalue weighted by atomic mass is 16.5. The van der Waals surface area contributed by atoms with Crippen LogP contribution >= 0.6 is 0 Å². The minimum atomic E-state index is -0.343. The normalized spacial score (nSPS) is 15.8. The largest absolute Gasteiger partial charge is 0.377 e. The molecule has 2 heterocycles. The van der Waals surface area contributed by atoms with Crippen LogP contribution in [-0.4, -0.2) is 30.1 Å². The number of aryl methyl sites for hydroxylation is 1. The number of hydrogen-bond donors (Lipinski definition) is 2. The van der Waals surface area contributed by atoms with Gasteiger partial charge in [-0.15, -0.1) is 0 Å². The van der Waals surface area contributed by atoms with Crippen LogP contribution < -0.4 is 10.7 Å². The van der Waals surface area contributed by atoms with Crippen molar-refractivity contribution in [2.45, 2.75) is 13.0 Å². The van der Waals surface area contributed by atoms with Crippen LogP contribution in [0.15, 0.2) is 17.1 Å². The first-order chi connectivity index (χ1) is 7.16. The van der Waals surface area contributed by atoms with Crippen LogP contribution in [0.25, 0.3) is 0 Å². The van der Waals surface area contributed by atoms with E-state index in [4.69, 9.17) is 4.74 Å². The quantitative estimate of drug-likeness (QED) is 0.707. The standard InChI is InChI=1S/C10H12N2O3/c1-6-2-9(13)8(3-11-6)10(14)12-7-4-15-5-7/h2-3,7H,4-5H2,1H3,(H,11,13)(H,12,14). The van der Waals surface area contributed by atoms with E-state index in [1.165, 1.54) is 12.3 Å². The Hall–Kier alpha value is -1.62. The van der Waals surface area contributed by atoms with E-state index in [1.807, 2.05) is 0 Å². The van der Waals surface area contributed by atoms with Gasteiger partial charge in [-0.25, -0.2) is 0 Å². The lowest BCUT2D eigenvalue weighted by Crippen LogP contribution is -2.49. The number of nitrogens with one attached hydrogen (secondary N) is 2. The summed E-state index contributed by atoms with van der Waals surface area (Å²) in [5, 5.41) is 2.71. The molecule has 15 heavy (non-hydrogen) atoms. The van der Waals surface area contributed by atoms with Gasteiger partial charge in [-0.05, 0) is 6.92 Å². The molecule has 80 valence electrons. The average Bonchev–Trinajstić information content (AvgIpc) is 2.11. The Balaban J connectivity index is 2.14. The number of carbonyl (C=O) groups is 1. The minimum Gasteiger partial charge on any atom is -0.377 e. The average molecular weight is 208 g/mol. The molecule has 2 N–H and O–H groups in total. The van der Waals surface area contributed by atoms with Crippen molar-refractivity contribution in [3.05, 3.63) is 33.7 Å². The maximum absolute atomic E-state index is 11.6. The predicted octanol–water partition coefficient (Wildman–Crippen LogP) is -0.188. The van der Waals surface area contributed by atoms with Crippen molar-refractivity contribution >= 4 is 5.91 Å². The van der Waals surface area contributed by atoms with Crippen LogP contribution in [0.3, 0.4) is 0 Å². The SMILES string of the molecule is Cc1cc(=O)c(C(=O)NC2COC2)c[nH]1. The second-order valence-corrected chi connectivity index (χ2v) is 3.60. The Morgan fingerprint density at radius 2 is 2.33 bits per heavy atom. The van der Waals surface area contributed by atoms with Crippen molar-refractivity contribution in [2.24, 2.45) is 0 Å². The topological polar surface area (TPSA) is 71.2 Å². The van der Waals surface area contributed by atoms with E-state index >= 15 is 0 Å². The monoisotopic (exact) mass is 208 g/mol. The molecule has 1 aliphatic heterocycles. The Labute approximate surface area is 86.5 Å². The molecule has 1 amide bonds. The number of amides is 1. The van der Waals surface area contributed by atoms with E-state index in [1.54, 1.807) is 6.92 Å². The van der Waals surface area contributed by atoms with Crippen molar-refractivity contribution < 1.29 is 9.53 Å². The maximum atomic E-state index is 11.6. The highest BCUT2D eigenvalue weighted by molar-refractivity contribution is 5.94. The zero-order valence-corrected chi connectivity index (χ0v) is 8.37. The van der Waals surface area contributed by atoms with Gasteiger partial charge >= 0.3 is 0 Å². The van der Waals surface area contributed by atoms with E-state index in [9.17, 15) is 9.59 Å². The first-order valence-corrected chi connectivity index (χ1v) is 4.75. The Morgan fingerprint density at radius 1 is 1.60 bits per heavy atom. The van der Waals surface area contributed by atoms with E-state index in [2.05, 4.69) is 10.3 Å². The fourth-order valence-electron chi connectivity index (χ4n) is 1.33. The van der Waals surface area contributed by atoms with Gasteiger partial charge < -0.3 is 15.0 Å². The molecule has 1 aromatic heterocycles. The molecule has 1 aromatic rings. The molecular weight excluding hydrogens is 196 g/mol. The minimum absolute atomic E-state index is 0.0400. The van der Waals surface area contributed by atoms with E-state index in [-0.39, 0.29) is 22.9 Å². The van der Waals surface area contributed by atoms with Crippen molar-refractivity contribution in [2.75, 3.05) is 13.2 Å². The number of pyridine rings is 1. The molecule has 1 fully saturated rings. The van der Waals surface area contributed by atoms with E-state index in [0.717, 1.165) is 5.69 Å². The summed E-state index contributed by atoms with van der Waals surface area (Å²) in [6.07, 6.45) is 1.44. The number of hydrogen-bond acceptors (Lipinski definition) is 3. The molecule has 0 unspecified atom stereocenters. The fourth-order valence-corrected chi connectivity index (χ4v) is 1.33. The molecule has 1 saturated heterocycles. The van der Waals surface area contributed by atoms with Gasteiger partial charge in [-0.2, -0.15) is 0 Å². The third kappa shape index (κ3) is 2.07. The number of rotatable bonds is 2. The molecule has 1 aliphatic rings. The lowest BCUT2D eigenvalue weighted by Gasteiger charge is -2.26. The summed E-state index contributed by atoms with van der Waals surface area (Å²) in [6.45, 7) is 2.81. The van der Waals surface area contributed by atoms with E-state index in [0.29, 0.717) is 13.2 Å². The second-order valence-electron chi connectivity index (χ2n) is 3.60. The first-order valence-electron chi connectivity index (χ1n) is 4.75. The van der Waals surface area contributed by atoms with Crippen molar-refractivity contribution in [3.63, 3.8) is 0 Å². The Bertz CT molecular complexity index is 435. The number of aromatic nitrogens is 1. The Kier molecular flexibility index (Phi) is 2.55. The van der Waals surface area contributed by atoms with E-state index < -0.39 is 0 Å². The van der Waals surface area contributed by atoms with Crippen LogP contribution in [0.1, 0.15) is 16.1 Å². The molecule has 5 nitrogen and oxygen atoms in total. The fraction of sp³-hybridized carbons (Fsp3) is 0.400. The summed E-state index contributed by atoms with van der Waals surface area (Å²) in [5.41, 5.74) is 0.625. The highest BCUT2D eigenvalue weighted by Crippen LogP contribution is 2.01. The lowest BCUT2D eigenvalue weighted by atomic mass is 10.2. The smallest absolute Gasteiger partial charge is 0.257 e. The van der Waals surface area contributed by atoms with Gasteiger partial charge in [0, 0.05) is 18.0 Å². The third-order valence-electron chi connectivity index (χ3n) is 2.28. The van der Waals surface area contributed by atoms with Crippen LogP contribution in [0.4, 0.5) is 0 Å². The third-order valence-corrected chi connectivity index (χ3v) is 2.28. The number of H-pyrrole nitrogens is 1. The van der Waals surface area contributed by atoms with Gasteiger partial charge in [0.1, 0.15) is 5.56 Å². The summed E-state index contributed by atoms with van der Waals surface area (Å²) in [4.78, 5) is 25.9. The van der Waals surface area contributed by atoms with Gasteiger partial charge in [0.2, 0.25) is 0 Å². The van der Waals surface area contributed by atoms with Gasteiger partial charge in [0.25, 0.3) is 5.91 Å². The molecule has 0 saturated carbocycles. The first kappa shape index (κ1) is 9.92. The molecule has 0 bridgehead atoms. The molecule has 5 heteroatoms. The molecular formula is C10H12N2O3. The summed E-state index contributed by atoms with van der Waals surface area (Å²) in [7, 11) is 0. The zero-order chi connectivity index (χ0) is 10.8. The molecule has 0 aliphatic carbocycles. The van der Waals surface area contributed by atoms with Crippen LogP contribution in [-0.2, 0) is 4.74 Å². The molecule has 0 spiro atoms. The maximum Gasteiger partial charge on any atom is 0.257 e. The molecule has 0 radical (unpaired) electrons. The van der Waals surface area contributed by atoms with Crippen molar-refractivity contribution in [1.82, 2.24) is 10.3 Å². The van der Waals surface area contributed by atoms with Gasteiger partial charge in [0.15, 0.2) is 5.43 Å². The van der Waals surface area contributed by atoms with Crippen molar-refractivity contribution in [1.29, 1.82) is 0 Å². The number of carbonyl (C=O) groups excluding carboxylic acids is 1. The highest BCUT2D eigenvalue weighted by Gasteiger charge is 2.22. The summed E-state index contributed by atoms with van der Waals surface area (Å²) in [5.74, 6) is -0.343. The van der Waals surface area contributed by atoms with Gasteiger partial charge in [0.05, 0.1) is 19.3 Å². The van der Waals surface area contributed by atoms with Gasteiger partial charge in [-0.1, -0.05) is 0 Å². The summed E-state index contributed by atoms with van der Waals surface area (Å²) >= 11 is 0. The van der Waals surface area contributed by atoms with Gasteiger partial charge in [-0.3, -0.25) is 9.59 Å². The van der Waals surface area contributed by atoms with Crippen LogP contribution in [0, 0.1) is 6.92 Å². The molecule has 0 aromatic carbocycles. The zero-order valence-electron chi connectivity index (χ0n) is 8.37. The Morgan fingerprint density at radius 3 is 2.87 bits per heavy atom. The summed E-state index contributed by atoms with van der Waals surface area (Å²) in [6, 6.07) is 1.45. The molecule has 0 atom stereocenters. The number of ether oxygens (including phenoxy) is 1. The second kappa shape index (κ2) is 3.86. The molecule has 2 rings (SSSR count). The van der Waals surface area contributed by atoms with Crippen LogP contribution in [0.5, 0.6) is 0 Å². The van der Waals surface area contributed by atoms with Crippen molar-refractivity contribution in [3.8, 4) is 0 Å². The summed E-state index contributed by atoms with van der Waals surface area (Å²) < 4.78 is 4.92. The number of aromatic amines is 1. The predicted molar refractivity (Wildman–Crippen MR) is 53.9 cm³/mol. The van der Waals surface area contributed by atoms with Crippen LogP contribution in [0.2, 0.25) is 0 Å².